The van der Waals surface area contributed by atoms with E-state index >= 15 is 0 Å². The average Bonchev–Trinajstić information content (AvgIpc) is 2.22. The molecule has 0 N–H and O–H groups in total. The minimum Gasteiger partial charge on any atom is -0.207 e. The fourth-order valence-electron chi connectivity index (χ4n) is 1.84. The second-order valence-corrected chi connectivity index (χ2v) is 4.69. The van der Waals surface area contributed by atoms with Gasteiger partial charge in [0.1, 0.15) is 5.82 Å². The molecule has 0 radical (unpaired) electrons. The summed E-state index contributed by atoms with van der Waals surface area (Å²) in [4.78, 5) is 0. The van der Waals surface area contributed by atoms with Crippen molar-refractivity contribution in [3.63, 3.8) is 0 Å². The molecule has 0 spiro atoms. The molecule has 0 saturated carbocycles. The highest BCUT2D eigenvalue weighted by atomic mass is 35.5. The Hall–Kier alpha value is -0.530. The molecule has 1 aliphatic carbocycles. The van der Waals surface area contributed by atoms with Crippen molar-refractivity contribution in [2.45, 2.75) is 24.6 Å². The van der Waals surface area contributed by atoms with Crippen LogP contribution in [0, 0.1) is 5.82 Å². The predicted molar refractivity (Wildman–Crippen MR) is 62.9 cm³/mol. The molecule has 1 atom stereocenters. The van der Waals surface area contributed by atoms with Crippen LogP contribution >= 0.6 is 23.2 Å². The molecule has 0 bridgehead atoms. The lowest BCUT2D eigenvalue weighted by Crippen LogP contribution is -2.03. The molecule has 3 heteroatoms. The van der Waals surface area contributed by atoms with Gasteiger partial charge in [-0.2, -0.15) is 0 Å². The van der Waals surface area contributed by atoms with E-state index in [0.717, 1.165) is 30.4 Å². The molecule has 0 aromatic heterocycles. The van der Waals surface area contributed by atoms with E-state index in [0.29, 0.717) is 5.02 Å². The predicted octanol–water partition coefficient (Wildman–Crippen LogP) is 4.65. The van der Waals surface area contributed by atoms with Gasteiger partial charge < -0.3 is 0 Å². The van der Waals surface area contributed by atoms with E-state index in [2.05, 4.69) is 0 Å². The van der Waals surface area contributed by atoms with Gasteiger partial charge in [0.15, 0.2) is 0 Å². The minimum absolute atomic E-state index is 0.0492. The van der Waals surface area contributed by atoms with E-state index in [1.165, 1.54) is 12.1 Å². The molecular weight excluding hydrogens is 234 g/mol. The summed E-state index contributed by atoms with van der Waals surface area (Å²) in [5.41, 5.74) is 1.84. The largest absolute Gasteiger partial charge is 0.207 e. The molecule has 1 aromatic carbocycles. The van der Waals surface area contributed by atoms with Gasteiger partial charge in [-0.1, -0.05) is 17.7 Å². The van der Waals surface area contributed by atoms with E-state index in [1.807, 2.05) is 6.08 Å². The standard InChI is InChI=1S/C12H11Cl2F/c13-9-3-1-2-8(6-9)11-7-10(15)4-5-12(11)14/h4-7,9H,1-3H2. The van der Waals surface area contributed by atoms with Crippen LogP contribution in [0.25, 0.3) is 5.57 Å². The Labute approximate surface area is 98.7 Å². The van der Waals surface area contributed by atoms with Crippen molar-refractivity contribution in [1.29, 1.82) is 0 Å². The molecule has 1 aliphatic rings. The lowest BCUT2D eigenvalue weighted by Gasteiger charge is -2.17. The van der Waals surface area contributed by atoms with Crippen LogP contribution in [0.3, 0.4) is 0 Å². The summed E-state index contributed by atoms with van der Waals surface area (Å²) in [5.74, 6) is -0.257. The first-order valence-corrected chi connectivity index (χ1v) is 5.78. The second-order valence-electron chi connectivity index (χ2n) is 3.72. The van der Waals surface area contributed by atoms with Gasteiger partial charge in [-0.25, -0.2) is 4.39 Å². The fourth-order valence-corrected chi connectivity index (χ4v) is 2.39. The third kappa shape index (κ3) is 2.53. The summed E-state index contributed by atoms with van der Waals surface area (Å²) in [6.45, 7) is 0. The van der Waals surface area contributed by atoms with Crippen molar-refractivity contribution < 1.29 is 4.39 Å². The Morgan fingerprint density at radius 3 is 2.87 bits per heavy atom. The van der Waals surface area contributed by atoms with Crippen LogP contribution in [0.4, 0.5) is 4.39 Å². The smallest absolute Gasteiger partial charge is 0.123 e. The number of halogens is 3. The minimum atomic E-state index is -0.257. The molecule has 0 nitrogen and oxygen atoms in total. The number of benzene rings is 1. The second kappa shape index (κ2) is 4.54. The molecule has 0 amide bonds. The molecular formula is C12H11Cl2F. The van der Waals surface area contributed by atoms with Gasteiger partial charge in [0.25, 0.3) is 0 Å². The molecule has 0 fully saturated rings. The van der Waals surface area contributed by atoms with Gasteiger partial charge in [0.2, 0.25) is 0 Å². The summed E-state index contributed by atoms with van der Waals surface area (Å²) < 4.78 is 13.1. The van der Waals surface area contributed by atoms with Crippen LogP contribution in [0.5, 0.6) is 0 Å². The number of hydrogen-bond acceptors (Lipinski definition) is 0. The lowest BCUT2D eigenvalue weighted by molar-refractivity contribution is 0.627. The van der Waals surface area contributed by atoms with Crippen molar-refractivity contribution in [2.24, 2.45) is 0 Å². The Morgan fingerprint density at radius 2 is 2.13 bits per heavy atom. The number of alkyl halides is 1. The maximum Gasteiger partial charge on any atom is 0.123 e. The van der Waals surface area contributed by atoms with Crippen LogP contribution in [0.1, 0.15) is 24.8 Å². The molecule has 0 saturated heterocycles. The van der Waals surface area contributed by atoms with E-state index in [1.54, 1.807) is 6.07 Å². The average molecular weight is 245 g/mol. The lowest BCUT2D eigenvalue weighted by atomic mass is 9.93. The third-order valence-corrected chi connectivity index (χ3v) is 3.26. The Balaban J connectivity index is 2.40. The first-order valence-electron chi connectivity index (χ1n) is 4.97. The van der Waals surface area contributed by atoms with Crippen molar-refractivity contribution in [1.82, 2.24) is 0 Å². The topological polar surface area (TPSA) is 0 Å². The molecule has 80 valence electrons. The molecule has 1 aromatic rings. The van der Waals surface area contributed by atoms with Gasteiger partial charge in [-0.3, -0.25) is 0 Å². The number of rotatable bonds is 1. The van der Waals surface area contributed by atoms with Gasteiger partial charge in [-0.05, 0) is 48.6 Å². The third-order valence-electron chi connectivity index (χ3n) is 2.58. The summed E-state index contributed by atoms with van der Waals surface area (Å²) in [6, 6.07) is 4.43. The normalized spacial score (nSPS) is 21.3. The zero-order chi connectivity index (χ0) is 10.8. The highest BCUT2D eigenvalue weighted by Gasteiger charge is 2.14. The summed E-state index contributed by atoms with van der Waals surface area (Å²) in [7, 11) is 0. The van der Waals surface area contributed by atoms with E-state index < -0.39 is 0 Å². The number of allylic oxidation sites excluding steroid dienone is 2. The maximum absolute atomic E-state index is 13.1. The van der Waals surface area contributed by atoms with Crippen LogP contribution in [0.15, 0.2) is 24.3 Å². The zero-order valence-electron chi connectivity index (χ0n) is 8.14. The van der Waals surface area contributed by atoms with Crippen molar-refractivity contribution in [3.8, 4) is 0 Å². The van der Waals surface area contributed by atoms with Gasteiger partial charge in [-0.15, -0.1) is 11.6 Å². The molecule has 0 heterocycles. The van der Waals surface area contributed by atoms with E-state index in [4.69, 9.17) is 23.2 Å². The van der Waals surface area contributed by atoms with E-state index in [9.17, 15) is 4.39 Å². The van der Waals surface area contributed by atoms with Gasteiger partial charge >= 0.3 is 0 Å². The van der Waals surface area contributed by atoms with Crippen LogP contribution in [0.2, 0.25) is 5.02 Å². The highest BCUT2D eigenvalue weighted by molar-refractivity contribution is 6.32. The Kier molecular flexibility index (Phi) is 3.32. The van der Waals surface area contributed by atoms with Crippen molar-refractivity contribution >= 4 is 28.8 Å². The van der Waals surface area contributed by atoms with Gasteiger partial charge in [0.05, 0.1) is 5.38 Å². The Bertz CT molecular complexity index is 399. The monoisotopic (exact) mass is 244 g/mol. The molecule has 15 heavy (non-hydrogen) atoms. The first kappa shape index (κ1) is 11.0. The van der Waals surface area contributed by atoms with Crippen LogP contribution in [-0.2, 0) is 0 Å². The molecule has 2 rings (SSSR count). The van der Waals surface area contributed by atoms with E-state index in [-0.39, 0.29) is 11.2 Å². The zero-order valence-corrected chi connectivity index (χ0v) is 9.65. The fraction of sp³-hybridized carbons (Fsp3) is 0.333. The van der Waals surface area contributed by atoms with Crippen LogP contribution in [-0.4, -0.2) is 5.38 Å². The van der Waals surface area contributed by atoms with Crippen LogP contribution < -0.4 is 0 Å². The summed E-state index contributed by atoms with van der Waals surface area (Å²) in [5, 5.41) is 0.640. The Morgan fingerprint density at radius 1 is 1.33 bits per heavy atom. The molecule has 1 unspecified atom stereocenters. The summed E-state index contributed by atoms with van der Waals surface area (Å²) in [6.07, 6.45) is 4.92. The number of hydrogen-bond donors (Lipinski definition) is 0. The highest BCUT2D eigenvalue weighted by Crippen LogP contribution is 2.33. The van der Waals surface area contributed by atoms with Crippen molar-refractivity contribution in [2.75, 3.05) is 0 Å². The van der Waals surface area contributed by atoms with Gasteiger partial charge in [0, 0.05) is 5.02 Å². The maximum atomic E-state index is 13.1. The van der Waals surface area contributed by atoms with Crippen molar-refractivity contribution in [3.05, 3.63) is 40.7 Å². The first-order chi connectivity index (χ1) is 7.16. The summed E-state index contributed by atoms with van der Waals surface area (Å²) >= 11 is 12.1. The quantitative estimate of drug-likeness (QED) is 0.631. The SMILES string of the molecule is Fc1ccc(Cl)c(C2=CC(Cl)CCC2)c1. The molecule has 0 aliphatic heterocycles.